The molecule has 1 aliphatic rings. The Morgan fingerprint density at radius 2 is 1.82 bits per heavy atom. The Morgan fingerprint density at radius 3 is 2.47 bits per heavy atom. The maximum absolute atomic E-state index is 5.77. The van der Waals surface area contributed by atoms with E-state index in [1.54, 1.807) is 0 Å². The quantitative estimate of drug-likeness (QED) is 0.779. The molecule has 17 heavy (non-hydrogen) atoms. The average Bonchev–Trinajstić information content (AvgIpc) is 2.22. The third kappa shape index (κ3) is 3.30. The lowest BCUT2D eigenvalue weighted by Crippen LogP contribution is -2.44. The smallest absolute Gasteiger partial charge is 0.0678 e. The third-order valence-electron chi connectivity index (χ3n) is 3.39. The van der Waals surface area contributed by atoms with Crippen LogP contribution in [0.2, 0.25) is 0 Å². The zero-order valence-electron chi connectivity index (χ0n) is 11.4. The van der Waals surface area contributed by atoms with E-state index in [9.17, 15) is 0 Å². The van der Waals surface area contributed by atoms with Crippen LogP contribution in [0.5, 0.6) is 0 Å². The summed E-state index contributed by atoms with van der Waals surface area (Å²) in [6, 6.07) is 6.71. The topological polar surface area (TPSA) is 12.5 Å². The van der Waals surface area contributed by atoms with Gasteiger partial charge in [-0.1, -0.05) is 23.8 Å². The lowest BCUT2D eigenvalue weighted by molar-refractivity contribution is -0.0705. The minimum absolute atomic E-state index is 0.351. The first-order chi connectivity index (χ1) is 8.04. The normalized spacial score (nSPS) is 26.1. The number of rotatable bonds is 2. The van der Waals surface area contributed by atoms with E-state index < -0.39 is 0 Å². The van der Waals surface area contributed by atoms with Gasteiger partial charge >= 0.3 is 0 Å². The van der Waals surface area contributed by atoms with E-state index in [-0.39, 0.29) is 0 Å². The molecule has 1 fully saturated rings. The van der Waals surface area contributed by atoms with Crippen molar-refractivity contribution in [3.05, 3.63) is 34.9 Å². The molecular formula is C15H23NO. The lowest BCUT2D eigenvalue weighted by atomic mass is 10.0. The molecule has 0 spiro atoms. The molecule has 1 heterocycles. The first kappa shape index (κ1) is 12.6. The van der Waals surface area contributed by atoms with Gasteiger partial charge in [-0.2, -0.15) is 0 Å². The van der Waals surface area contributed by atoms with Crippen molar-refractivity contribution in [1.29, 1.82) is 0 Å². The molecule has 2 rings (SSSR count). The van der Waals surface area contributed by atoms with E-state index in [1.807, 2.05) is 0 Å². The molecular weight excluding hydrogens is 210 g/mol. The van der Waals surface area contributed by atoms with Crippen molar-refractivity contribution in [2.45, 2.75) is 46.4 Å². The molecule has 1 aliphatic heterocycles. The van der Waals surface area contributed by atoms with Crippen LogP contribution in [0, 0.1) is 13.8 Å². The summed E-state index contributed by atoms with van der Waals surface area (Å²) < 4.78 is 5.77. The van der Waals surface area contributed by atoms with Crippen LogP contribution in [0.15, 0.2) is 18.2 Å². The highest BCUT2D eigenvalue weighted by atomic mass is 16.5. The van der Waals surface area contributed by atoms with Crippen molar-refractivity contribution in [3.63, 3.8) is 0 Å². The standard InChI is InChI=1S/C15H23NO/c1-11-5-6-12(2)15(7-11)10-16-8-13(3)17-14(4)9-16/h5-7,13-14H,8-10H2,1-4H3/t13-,14-/m0/s1. The molecule has 2 atom stereocenters. The van der Waals surface area contributed by atoms with Crippen LogP contribution in [-0.2, 0) is 11.3 Å². The van der Waals surface area contributed by atoms with Gasteiger partial charge in [0.1, 0.15) is 0 Å². The van der Waals surface area contributed by atoms with Crippen LogP contribution in [0.4, 0.5) is 0 Å². The van der Waals surface area contributed by atoms with Crippen molar-refractivity contribution in [2.75, 3.05) is 13.1 Å². The van der Waals surface area contributed by atoms with Crippen LogP contribution >= 0.6 is 0 Å². The lowest BCUT2D eigenvalue weighted by Gasteiger charge is -2.35. The largest absolute Gasteiger partial charge is 0.373 e. The molecule has 0 aliphatic carbocycles. The average molecular weight is 233 g/mol. The molecule has 0 saturated carbocycles. The van der Waals surface area contributed by atoms with Crippen LogP contribution in [0.25, 0.3) is 0 Å². The van der Waals surface area contributed by atoms with Gasteiger partial charge in [-0.3, -0.25) is 4.90 Å². The van der Waals surface area contributed by atoms with Crippen molar-refractivity contribution >= 4 is 0 Å². The maximum atomic E-state index is 5.77. The predicted molar refractivity (Wildman–Crippen MR) is 71.2 cm³/mol. The number of nitrogens with zero attached hydrogens (tertiary/aromatic N) is 1. The van der Waals surface area contributed by atoms with E-state index in [0.717, 1.165) is 19.6 Å². The first-order valence-electron chi connectivity index (χ1n) is 6.48. The number of ether oxygens (including phenoxy) is 1. The summed E-state index contributed by atoms with van der Waals surface area (Å²) in [6.07, 6.45) is 0.702. The molecule has 0 amide bonds. The second-order valence-electron chi connectivity index (χ2n) is 5.38. The first-order valence-corrected chi connectivity index (χ1v) is 6.48. The Balaban J connectivity index is 2.07. The van der Waals surface area contributed by atoms with Crippen molar-refractivity contribution in [3.8, 4) is 0 Å². The number of morpholine rings is 1. The summed E-state index contributed by atoms with van der Waals surface area (Å²) in [6.45, 7) is 11.8. The van der Waals surface area contributed by atoms with Gasteiger partial charge in [-0.15, -0.1) is 0 Å². The van der Waals surface area contributed by atoms with Crippen LogP contribution in [0.1, 0.15) is 30.5 Å². The Bertz CT molecular complexity index is 379. The fourth-order valence-electron chi connectivity index (χ4n) is 2.62. The third-order valence-corrected chi connectivity index (χ3v) is 3.39. The van der Waals surface area contributed by atoms with E-state index in [1.165, 1.54) is 16.7 Å². The molecule has 2 nitrogen and oxygen atoms in total. The van der Waals surface area contributed by atoms with Gasteiger partial charge in [-0.25, -0.2) is 0 Å². The van der Waals surface area contributed by atoms with Gasteiger partial charge in [0.15, 0.2) is 0 Å². The molecule has 0 aromatic heterocycles. The van der Waals surface area contributed by atoms with Gasteiger partial charge in [0.05, 0.1) is 12.2 Å². The van der Waals surface area contributed by atoms with Gasteiger partial charge in [0, 0.05) is 19.6 Å². The minimum Gasteiger partial charge on any atom is -0.373 e. The monoisotopic (exact) mass is 233 g/mol. The Hall–Kier alpha value is -0.860. The van der Waals surface area contributed by atoms with Gasteiger partial charge in [-0.05, 0) is 38.8 Å². The zero-order valence-corrected chi connectivity index (χ0v) is 11.4. The summed E-state index contributed by atoms with van der Waals surface area (Å²) in [7, 11) is 0. The molecule has 1 aromatic rings. The Morgan fingerprint density at radius 1 is 1.18 bits per heavy atom. The second kappa shape index (κ2) is 5.19. The van der Waals surface area contributed by atoms with Gasteiger partial charge < -0.3 is 4.74 Å². The summed E-state index contributed by atoms with van der Waals surface area (Å²) in [4.78, 5) is 2.50. The summed E-state index contributed by atoms with van der Waals surface area (Å²) >= 11 is 0. The van der Waals surface area contributed by atoms with E-state index in [4.69, 9.17) is 4.74 Å². The molecule has 2 heteroatoms. The van der Waals surface area contributed by atoms with E-state index >= 15 is 0 Å². The van der Waals surface area contributed by atoms with Crippen LogP contribution < -0.4 is 0 Å². The van der Waals surface area contributed by atoms with E-state index in [0.29, 0.717) is 12.2 Å². The van der Waals surface area contributed by atoms with Crippen LogP contribution in [0.3, 0.4) is 0 Å². The molecule has 0 unspecified atom stereocenters. The predicted octanol–water partition coefficient (Wildman–Crippen LogP) is 2.91. The minimum atomic E-state index is 0.351. The number of hydrogen-bond donors (Lipinski definition) is 0. The van der Waals surface area contributed by atoms with Crippen molar-refractivity contribution in [1.82, 2.24) is 4.90 Å². The molecule has 1 aromatic carbocycles. The Kier molecular flexibility index (Phi) is 3.85. The highest BCUT2D eigenvalue weighted by Gasteiger charge is 2.22. The number of benzene rings is 1. The van der Waals surface area contributed by atoms with Gasteiger partial charge in [0.25, 0.3) is 0 Å². The van der Waals surface area contributed by atoms with Crippen LogP contribution in [-0.4, -0.2) is 30.2 Å². The highest BCUT2D eigenvalue weighted by Crippen LogP contribution is 2.17. The molecule has 0 bridgehead atoms. The molecule has 1 saturated heterocycles. The fourth-order valence-corrected chi connectivity index (χ4v) is 2.62. The molecule has 0 N–H and O–H groups in total. The molecule has 0 radical (unpaired) electrons. The van der Waals surface area contributed by atoms with Crippen molar-refractivity contribution < 1.29 is 4.74 Å². The molecule has 94 valence electrons. The highest BCUT2D eigenvalue weighted by molar-refractivity contribution is 5.30. The van der Waals surface area contributed by atoms with Gasteiger partial charge in [0.2, 0.25) is 0 Å². The maximum Gasteiger partial charge on any atom is 0.0678 e. The fraction of sp³-hybridized carbons (Fsp3) is 0.600. The Labute approximate surface area is 105 Å². The van der Waals surface area contributed by atoms with Crippen molar-refractivity contribution in [2.24, 2.45) is 0 Å². The summed E-state index contributed by atoms with van der Waals surface area (Å²) in [5.41, 5.74) is 4.19. The SMILES string of the molecule is Cc1ccc(C)c(CN2C[C@H](C)O[C@@H](C)C2)c1. The van der Waals surface area contributed by atoms with E-state index in [2.05, 4.69) is 50.8 Å². The summed E-state index contributed by atoms with van der Waals surface area (Å²) in [5.74, 6) is 0. The number of hydrogen-bond acceptors (Lipinski definition) is 2. The zero-order chi connectivity index (χ0) is 12.4. The second-order valence-corrected chi connectivity index (χ2v) is 5.38. The number of aryl methyl sites for hydroxylation is 2. The summed E-state index contributed by atoms with van der Waals surface area (Å²) in [5, 5.41) is 0.